The summed E-state index contributed by atoms with van der Waals surface area (Å²) in [5.74, 6) is -0.697. The van der Waals surface area contributed by atoms with Crippen LogP contribution in [0.2, 0.25) is 0 Å². The predicted octanol–water partition coefficient (Wildman–Crippen LogP) is 3.89. The second-order valence-corrected chi connectivity index (χ2v) is 9.70. The van der Waals surface area contributed by atoms with Gasteiger partial charge in [0.2, 0.25) is 10.0 Å². The Balaban J connectivity index is 1.36. The molecule has 1 aromatic heterocycles. The lowest BCUT2D eigenvalue weighted by atomic mass is 10.1. The van der Waals surface area contributed by atoms with Gasteiger partial charge in [0.1, 0.15) is 16.5 Å². The van der Waals surface area contributed by atoms with Crippen molar-refractivity contribution in [2.75, 3.05) is 6.54 Å². The molecule has 0 aliphatic heterocycles. The third-order valence-electron chi connectivity index (χ3n) is 4.87. The number of thiazole rings is 1. The SMILES string of the molecule is O=C(NCCc1ccccc1F)c1csc(CNS(=O)(=O)c2cccc3ccccc23)n1. The first kappa shape index (κ1) is 22.1. The number of hydrogen-bond donors (Lipinski definition) is 2. The molecule has 1 amide bonds. The van der Waals surface area contributed by atoms with Gasteiger partial charge in [-0.25, -0.2) is 22.5 Å². The number of aromatic nitrogens is 1. The number of fused-ring (bicyclic) bond motifs is 1. The minimum absolute atomic E-state index is 0.0290. The predicted molar refractivity (Wildman–Crippen MR) is 123 cm³/mol. The topological polar surface area (TPSA) is 88.2 Å². The van der Waals surface area contributed by atoms with Crippen molar-refractivity contribution in [2.45, 2.75) is 17.9 Å². The number of sulfonamides is 1. The summed E-state index contributed by atoms with van der Waals surface area (Å²) < 4.78 is 41.8. The van der Waals surface area contributed by atoms with Crippen LogP contribution in [0, 0.1) is 5.82 Å². The number of carbonyl (C=O) groups excluding carboxylic acids is 1. The van der Waals surface area contributed by atoms with Gasteiger partial charge in [-0.2, -0.15) is 0 Å². The van der Waals surface area contributed by atoms with Crippen molar-refractivity contribution in [1.29, 1.82) is 0 Å². The van der Waals surface area contributed by atoms with Gasteiger partial charge >= 0.3 is 0 Å². The molecule has 0 unspecified atom stereocenters. The minimum Gasteiger partial charge on any atom is -0.350 e. The van der Waals surface area contributed by atoms with Crippen molar-refractivity contribution in [1.82, 2.24) is 15.0 Å². The first-order chi connectivity index (χ1) is 15.4. The zero-order valence-corrected chi connectivity index (χ0v) is 18.5. The molecule has 4 aromatic rings. The van der Waals surface area contributed by atoms with E-state index in [2.05, 4.69) is 15.0 Å². The first-order valence-electron chi connectivity index (χ1n) is 9.87. The van der Waals surface area contributed by atoms with Crippen molar-refractivity contribution in [3.8, 4) is 0 Å². The number of nitrogens with zero attached hydrogens (tertiary/aromatic N) is 1. The van der Waals surface area contributed by atoms with Crippen molar-refractivity contribution >= 4 is 38.0 Å². The highest BCUT2D eigenvalue weighted by Crippen LogP contribution is 2.23. The fraction of sp³-hybridized carbons (Fsp3) is 0.130. The van der Waals surface area contributed by atoms with Crippen LogP contribution < -0.4 is 10.0 Å². The van der Waals surface area contributed by atoms with E-state index < -0.39 is 10.0 Å². The Labute approximate surface area is 189 Å². The summed E-state index contributed by atoms with van der Waals surface area (Å²) >= 11 is 1.19. The van der Waals surface area contributed by atoms with E-state index in [4.69, 9.17) is 0 Å². The highest BCUT2D eigenvalue weighted by Gasteiger charge is 2.18. The zero-order chi connectivity index (χ0) is 22.6. The Morgan fingerprint density at radius 1 is 1.00 bits per heavy atom. The van der Waals surface area contributed by atoms with Crippen LogP contribution in [0.4, 0.5) is 4.39 Å². The van der Waals surface area contributed by atoms with Gasteiger partial charge in [-0.3, -0.25) is 4.79 Å². The van der Waals surface area contributed by atoms with Crippen LogP contribution in [0.25, 0.3) is 10.8 Å². The summed E-state index contributed by atoms with van der Waals surface area (Å²) in [4.78, 5) is 16.7. The van der Waals surface area contributed by atoms with Gasteiger partial charge < -0.3 is 5.32 Å². The van der Waals surface area contributed by atoms with E-state index in [9.17, 15) is 17.6 Å². The fourth-order valence-corrected chi connectivity index (χ4v) is 5.28. The summed E-state index contributed by atoms with van der Waals surface area (Å²) in [6.45, 7) is 0.235. The molecule has 32 heavy (non-hydrogen) atoms. The van der Waals surface area contributed by atoms with Crippen molar-refractivity contribution in [3.05, 3.63) is 94.2 Å². The number of nitrogens with one attached hydrogen (secondary N) is 2. The van der Waals surface area contributed by atoms with E-state index >= 15 is 0 Å². The second-order valence-electron chi connectivity index (χ2n) is 7.03. The molecule has 0 radical (unpaired) electrons. The number of halogens is 1. The summed E-state index contributed by atoms with van der Waals surface area (Å²) in [7, 11) is -3.76. The molecule has 164 valence electrons. The highest BCUT2D eigenvalue weighted by molar-refractivity contribution is 7.89. The molecule has 0 saturated carbocycles. The van der Waals surface area contributed by atoms with E-state index in [0.29, 0.717) is 22.4 Å². The largest absolute Gasteiger partial charge is 0.350 e. The Morgan fingerprint density at radius 2 is 1.75 bits per heavy atom. The third-order valence-corrected chi connectivity index (χ3v) is 7.18. The molecule has 0 fully saturated rings. The van der Waals surface area contributed by atoms with Crippen LogP contribution in [-0.2, 0) is 23.0 Å². The maximum atomic E-state index is 13.7. The van der Waals surface area contributed by atoms with Gasteiger partial charge in [-0.15, -0.1) is 11.3 Å². The van der Waals surface area contributed by atoms with Crippen LogP contribution >= 0.6 is 11.3 Å². The lowest BCUT2D eigenvalue weighted by Gasteiger charge is -2.08. The summed E-state index contributed by atoms with van der Waals surface area (Å²) in [6, 6.07) is 18.8. The van der Waals surface area contributed by atoms with Gasteiger partial charge in [0.15, 0.2) is 0 Å². The van der Waals surface area contributed by atoms with Crippen LogP contribution in [0.5, 0.6) is 0 Å². The zero-order valence-electron chi connectivity index (χ0n) is 16.9. The molecule has 9 heteroatoms. The number of benzene rings is 3. The Bertz CT molecular complexity index is 1360. The summed E-state index contributed by atoms with van der Waals surface area (Å²) in [5, 5.41) is 6.21. The smallest absolute Gasteiger partial charge is 0.270 e. The number of carbonyl (C=O) groups is 1. The lowest BCUT2D eigenvalue weighted by Crippen LogP contribution is -2.26. The summed E-state index contributed by atoms with van der Waals surface area (Å²) in [5.41, 5.74) is 0.720. The molecule has 4 rings (SSSR count). The molecule has 0 aliphatic rings. The van der Waals surface area contributed by atoms with Crippen molar-refractivity contribution < 1.29 is 17.6 Å². The minimum atomic E-state index is -3.76. The van der Waals surface area contributed by atoms with Crippen LogP contribution in [0.3, 0.4) is 0 Å². The van der Waals surface area contributed by atoms with Crippen molar-refractivity contribution in [2.24, 2.45) is 0 Å². The molecule has 0 atom stereocenters. The van der Waals surface area contributed by atoms with Crippen molar-refractivity contribution in [3.63, 3.8) is 0 Å². The van der Waals surface area contributed by atoms with Gasteiger partial charge in [-0.1, -0.05) is 54.6 Å². The van der Waals surface area contributed by atoms with E-state index in [0.717, 1.165) is 5.39 Å². The van der Waals surface area contributed by atoms with E-state index in [1.165, 1.54) is 17.4 Å². The molecule has 6 nitrogen and oxygen atoms in total. The molecule has 1 heterocycles. The van der Waals surface area contributed by atoms with E-state index in [-0.39, 0.29) is 35.4 Å². The van der Waals surface area contributed by atoms with Gasteiger partial charge in [0.05, 0.1) is 11.4 Å². The Hall–Kier alpha value is -3.14. The number of amides is 1. The molecule has 0 spiro atoms. The van der Waals surface area contributed by atoms with E-state index in [1.54, 1.807) is 47.8 Å². The van der Waals surface area contributed by atoms with Gasteiger partial charge in [0.25, 0.3) is 5.91 Å². The third kappa shape index (κ3) is 5.01. The Kier molecular flexibility index (Phi) is 6.59. The number of hydrogen-bond acceptors (Lipinski definition) is 5. The first-order valence-corrected chi connectivity index (χ1v) is 12.2. The van der Waals surface area contributed by atoms with Crippen LogP contribution in [0.15, 0.2) is 77.0 Å². The van der Waals surface area contributed by atoms with Gasteiger partial charge in [-0.05, 0) is 29.5 Å². The van der Waals surface area contributed by atoms with E-state index in [1.807, 2.05) is 18.2 Å². The molecular weight excluding hydrogens is 449 g/mol. The average molecular weight is 470 g/mol. The molecule has 0 saturated heterocycles. The Morgan fingerprint density at radius 3 is 2.59 bits per heavy atom. The molecule has 3 aromatic carbocycles. The molecule has 2 N–H and O–H groups in total. The second kappa shape index (κ2) is 9.56. The molecular formula is C23H20FN3O3S2. The van der Waals surface area contributed by atoms with Gasteiger partial charge in [0, 0.05) is 17.3 Å². The molecule has 0 aliphatic carbocycles. The highest BCUT2D eigenvalue weighted by atomic mass is 32.2. The monoisotopic (exact) mass is 469 g/mol. The summed E-state index contributed by atoms with van der Waals surface area (Å²) in [6.07, 6.45) is 0.361. The fourth-order valence-electron chi connectivity index (χ4n) is 3.26. The number of rotatable bonds is 8. The quantitative estimate of drug-likeness (QED) is 0.410. The maximum Gasteiger partial charge on any atom is 0.270 e. The average Bonchev–Trinajstić information content (AvgIpc) is 3.28. The van der Waals surface area contributed by atoms with Crippen LogP contribution in [-0.4, -0.2) is 25.9 Å². The normalized spacial score (nSPS) is 11.5. The standard InChI is InChI=1S/C23H20FN3O3S2/c24-19-10-4-2-7-17(19)12-13-25-23(28)20-15-31-22(27-20)14-26-32(29,30)21-11-5-8-16-6-1-3-9-18(16)21/h1-11,15,26H,12-14H2,(H,25,28). The molecule has 0 bridgehead atoms. The lowest BCUT2D eigenvalue weighted by molar-refractivity contribution is 0.0949. The van der Waals surface area contributed by atoms with Crippen LogP contribution in [0.1, 0.15) is 21.1 Å². The maximum absolute atomic E-state index is 13.7.